The van der Waals surface area contributed by atoms with Crippen molar-refractivity contribution in [3.63, 3.8) is 0 Å². The molecule has 1 amide bonds. The molecule has 0 atom stereocenters. The Labute approximate surface area is 185 Å². The Kier molecular flexibility index (Phi) is 5.31. The highest BCUT2D eigenvalue weighted by atomic mass is 16.5. The standard InChI is InChI=1S/C25H24N4O3/c1-2-28(15-17-8-4-3-5-9-17)23(31)16-29-21-11-7-6-10-19(21)20(14-22(29)30)25-26-24(27-32-25)18-12-13-18/h3-11,14,18H,2,12-13,15-16H2,1H3. The van der Waals surface area contributed by atoms with Gasteiger partial charge in [0.05, 0.1) is 11.1 Å². The van der Waals surface area contributed by atoms with Crippen molar-refractivity contribution in [2.24, 2.45) is 0 Å². The van der Waals surface area contributed by atoms with Gasteiger partial charge in [0, 0.05) is 30.5 Å². The van der Waals surface area contributed by atoms with Crippen LogP contribution in [0.5, 0.6) is 0 Å². The van der Waals surface area contributed by atoms with Crippen molar-refractivity contribution in [2.45, 2.75) is 38.8 Å². The summed E-state index contributed by atoms with van der Waals surface area (Å²) in [6, 6.07) is 18.9. The van der Waals surface area contributed by atoms with Gasteiger partial charge in [-0.3, -0.25) is 14.2 Å². The van der Waals surface area contributed by atoms with Gasteiger partial charge in [-0.25, -0.2) is 0 Å². The molecule has 0 saturated heterocycles. The predicted octanol–water partition coefficient (Wildman–Crippen LogP) is 3.98. The number of carbonyl (C=O) groups excluding carboxylic acids is 1. The summed E-state index contributed by atoms with van der Waals surface area (Å²) in [5.41, 5.74) is 2.06. The Morgan fingerprint density at radius 3 is 2.62 bits per heavy atom. The van der Waals surface area contributed by atoms with Gasteiger partial charge >= 0.3 is 0 Å². The molecule has 5 rings (SSSR count). The first kappa shape index (κ1) is 20.2. The highest BCUT2D eigenvalue weighted by Crippen LogP contribution is 2.39. The first-order valence-corrected chi connectivity index (χ1v) is 10.9. The van der Waals surface area contributed by atoms with Crippen LogP contribution in [-0.2, 0) is 17.9 Å². The van der Waals surface area contributed by atoms with E-state index in [1.165, 1.54) is 10.6 Å². The van der Waals surface area contributed by atoms with Crippen LogP contribution < -0.4 is 5.56 Å². The molecule has 2 aromatic heterocycles. The fourth-order valence-corrected chi connectivity index (χ4v) is 3.94. The average molecular weight is 428 g/mol. The fraction of sp³-hybridized carbons (Fsp3) is 0.280. The maximum atomic E-state index is 13.1. The van der Waals surface area contributed by atoms with E-state index < -0.39 is 0 Å². The molecule has 0 radical (unpaired) electrons. The van der Waals surface area contributed by atoms with Crippen LogP contribution in [0.4, 0.5) is 0 Å². The fourth-order valence-electron chi connectivity index (χ4n) is 3.94. The van der Waals surface area contributed by atoms with Crippen LogP contribution >= 0.6 is 0 Å². The van der Waals surface area contributed by atoms with Crippen molar-refractivity contribution in [3.05, 3.63) is 82.4 Å². The number of benzene rings is 2. The molecule has 7 nitrogen and oxygen atoms in total. The molecule has 1 fully saturated rings. The molecule has 1 aliphatic carbocycles. The second kappa shape index (κ2) is 8.42. The molecule has 0 spiro atoms. The van der Waals surface area contributed by atoms with E-state index in [0.29, 0.717) is 41.8 Å². The molecule has 4 aromatic rings. The van der Waals surface area contributed by atoms with Crippen LogP contribution in [0, 0.1) is 0 Å². The third kappa shape index (κ3) is 3.93. The second-order valence-electron chi connectivity index (χ2n) is 8.13. The summed E-state index contributed by atoms with van der Waals surface area (Å²) in [7, 11) is 0. The molecular weight excluding hydrogens is 404 g/mol. The first-order chi connectivity index (χ1) is 15.6. The van der Waals surface area contributed by atoms with Crippen LogP contribution in [0.1, 0.15) is 37.1 Å². The zero-order valence-corrected chi connectivity index (χ0v) is 17.9. The number of para-hydroxylation sites is 1. The molecule has 0 aliphatic heterocycles. The number of amides is 1. The van der Waals surface area contributed by atoms with Gasteiger partial charge < -0.3 is 9.42 Å². The molecule has 0 unspecified atom stereocenters. The molecule has 0 bridgehead atoms. The summed E-state index contributed by atoms with van der Waals surface area (Å²) >= 11 is 0. The Balaban J connectivity index is 1.48. The van der Waals surface area contributed by atoms with E-state index >= 15 is 0 Å². The van der Waals surface area contributed by atoms with Crippen LogP contribution in [0.2, 0.25) is 0 Å². The van der Waals surface area contributed by atoms with Gasteiger partial charge in [0.25, 0.3) is 11.4 Å². The number of hydrogen-bond donors (Lipinski definition) is 0. The van der Waals surface area contributed by atoms with Crippen LogP contribution in [-0.4, -0.2) is 32.1 Å². The zero-order valence-electron chi connectivity index (χ0n) is 17.9. The van der Waals surface area contributed by atoms with Gasteiger partial charge in [0.1, 0.15) is 6.54 Å². The van der Waals surface area contributed by atoms with Gasteiger partial charge in [-0.1, -0.05) is 53.7 Å². The van der Waals surface area contributed by atoms with Crippen molar-refractivity contribution in [1.29, 1.82) is 0 Å². The number of fused-ring (bicyclic) bond motifs is 1. The van der Waals surface area contributed by atoms with E-state index in [0.717, 1.165) is 23.8 Å². The van der Waals surface area contributed by atoms with Gasteiger partial charge in [-0.05, 0) is 31.4 Å². The van der Waals surface area contributed by atoms with Crippen molar-refractivity contribution in [3.8, 4) is 11.5 Å². The molecule has 1 aliphatic rings. The lowest BCUT2D eigenvalue weighted by Gasteiger charge is -2.22. The maximum absolute atomic E-state index is 13.1. The molecule has 2 aromatic carbocycles. The summed E-state index contributed by atoms with van der Waals surface area (Å²) in [5, 5.41) is 4.88. The first-order valence-electron chi connectivity index (χ1n) is 10.9. The van der Waals surface area contributed by atoms with Crippen LogP contribution in [0.3, 0.4) is 0 Å². The van der Waals surface area contributed by atoms with Gasteiger partial charge in [-0.2, -0.15) is 4.98 Å². The Bertz CT molecular complexity index is 1320. The van der Waals surface area contributed by atoms with Crippen molar-refractivity contribution >= 4 is 16.8 Å². The summed E-state index contributed by atoms with van der Waals surface area (Å²) in [4.78, 5) is 32.5. The molecule has 1 saturated carbocycles. The summed E-state index contributed by atoms with van der Waals surface area (Å²) in [6.07, 6.45) is 2.14. The number of nitrogens with zero attached hydrogens (tertiary/aromatic N) is 4. The van der Waals surface area contributed by atoms with Gasteiger partial charge in [0.15, 0.2) is 5.82 Å². The predicted molar refractivity (Wildman–Crippen MR) is 121 cm³/mol. The van der Waals surface area contributed by atoms with E-state index in [-0.39, 0.29) is 18.0 Å². The molecule has 2 heterocycles. The second-order valence-corrected chi connectivity index (χ2v) is 8.13. The maximum Gasteiger partial charge on any atom is 0.258 e. The monoisotopic (exact) mass is 428 g/mol. The van der Waals surface area contributed by atoms with Crippen LogP contribution in [0.25, 0.3) is 22.4 Å². The SMILES string of the molecule is CCN(Cc1ccccc1)C(=O)Cn1c(=O)cc(-c2nc(C3CC3)no2)c2ccccc21. The summed E-state index contributed by atoms with van der Waals surface area (Å²) in [5.74, 6) is 1.30. The van der Waals surface area contributed by atoms with E-state index in [9.17, 15) is 9.59 Å². The lowest BCUT2D eigenvalue weighted by atomic mass is 10.1. The number of hydrogen-bond acceptors (Lipinski definition) is 5. The molecule has 32 heavy (non-hydrogen) atoms. The van der Waals surface area contributed by atoms with E-state index in [4.69, 9.17) is 4.52 Å². The van der Waals surface area contributed by atoms with E-state index in [1.807, 2.05) is 61.5 Å². The average Bonchev–Trinajstić information content (AvgIpc) is 3.56. The number of carbonyl (C=O) groups is 1. The topological polar surface area (TPSA) is 81.2 Å². The summed E-state index contributed by atoms with van der Waals surface area (Å²) in [6.45, 7) is 2.98. The minimum atomic E-state index is -0.269. The molecular formula is C25H24N4O3. The van der Waals surface area contributed by atoms with Crippen LogP contribution in [0.15, 0.2) is 70.0 Å². The number of rotatable bonds is 7. The number of likely N-dealkylation sites (N-methyl/N-ethyl adjacent to an activating group) is 1. The molecule has 162 valence electrons. The van der Waals surface area contributed by atoms with Gasteiger partial charge in [-0.15, -0.1) is 0 Å². The minimum Gasteiger partial charge on any atom is -0.337 e. The highest BCUT2D eigenvalue weighted by molar-refractivity contribution is 5.93. The molecule has 0 N–H and O–H groups in total. The smallest absolute Gasteiger partial charge is 0.258 e. The van der Waals surface area contributed by atoms with E-state index in [2.05, 4.69) is 10.1 Å². The number of pyridine rings is 1. The lowest BCUT2D eigenvalue weighted by Crippen LogP contribution is -2.36. The Hall–Kier alpha value is -3.74. The van der Waals surface area contributed by atoms with Crippen molar-refractivity contribution in [1.82, 2.24) is 19.6 Å². The van der Waals surface area contributed by atoms with Crippen molar-refractivity contribution < 1.29 is 9.32 Å². The molecule has 7 heteroatoms. The number of aromatic nitrogens is 3. The lowest BCUT2D eigenvalue weighted by molar-refractivity contribution is -0.132. The quantitative estimate of drug-likeness (QED) is 0.445. The third-order valence-corrected chi connectivity index (χ3v) is 5.88. The third-order valence-electron chi connectivity index (χ3n) is 5.88. The zero-order chi connectivity index (χ0) is 22.1. The van der Waals surface area contributed by atoms with Gasteiger partial charge in [0.2, 0.25) is 5.91 Å². The Morgan fingerprint density at radius 2 is 1.88 bits per heavy atom. The summed E-state index contributed by atoms with van der Waals surface area (Å²) < 4.78 is 6.99. The normalized spacial score (nSPS) is 13.4. The van der Waals surface area contributed by atoms with E-state index in [1.54, 1.807) is 4.90 Å². The minimum absolute atomic E-state index is 0.0303. The highest BCUT2D eigenvalue weighted by Gasteiger charge is 2.29. The Morgan fingerprint density at radius 1 is 1.12 bits per heavy atom. The largest absolute Gasteiger partial charge is 0.337 e. The van der Waals surface area contributed by atoms with Crippen molar-refractivity contribution in [2.75, 3.05) is 6.54 Å².